The van der Waals surface area contributed by atoms with E-state index in [1.807, 2.05) is 50.2 Å². The third-order valence-corrected chi connectivity index (χ3v) is 8.16. The molecule has 9 nitrogen and oxygen atoms in total. The zero-order valence-corrected chi connectivity index (χ0v) is 21.8. The fourth-order valence-electron chi connectivity index (χ4n) is 6.48. The summed E-state index contributed by atoms with van der Waals surface area (Å²) in [6, 6.07) is 14.6. The maximum absolute atomic E-state index is 13.0. The van der Waals surface area contributed by atoms with Gasteiger partial charge in [-0.3, -0.25) is 19.7 Å². The van der Waals surface area contributed by atoms with E-state index in [0.29, 0.717) is 25.2 Å². The molecule has 0 spiro atoms. The van der Waals surface area contributed by atoms with Crippen molar-refractivity contribution in [2.24, 2.45) is 5.92 Å². The van der Waals surface area contributed by atoms with E-state index in [0.717, 1.165) is 27.7 Å². The van der Waals surface area contributed by atoms with Gasteiger partial charge in [-0.2, -0.15) is 0 Å². The number of anilines is 1. The van der Waals surface area contributed by atoms with Gasteiger partial charge in [0.1, 0.15) is 29.8 Å². The molecule has 0 unspecified atom stereocenters. The average Bonchev–Trinajstić information content (AvgIpc) is 3.55. The fraction of sp³-hybridized carbons (Fsp3) is 0.414. The summed E-state index contributed by atoms with van der Waals surface area (Å²) in [7, 11) is 1.41. The Kier molecular flexibility index (Phi) is 5.90. The van der Waals surface area contributed by atoms with E-state index in [1.165, 1.54) is 7.11 Å². The van der Waals surface area contributed by atoms with Gasteiger partial charge < -0.3 is 25.3 Å². The number of fused-ring (bicyclic) bond motifs is 4. The van der Waals surface area contributed by atoms with Crippen molar-refractivity contribution in [3.8, 4) is 0 Å². The highest BCUT2D eigenvalue weighted by Gasteiger charge is 2.57. The standard InChI is InChI=1S/C29H33N5O4/c1-16(2)12-21-25(35)31-22(26(36)30-21)13-17-15-34(24-11-7-4-8-18(17)24)29-14-23(27(37)38-3)33-28(29)32-20-10-6-5-9-19(20)29/h4-11,15-16,21-23,28,32-33H,12-14H2,1-3H3,(H,30,36)(H,31,35)/t21-,22+,23+,28-,29+/m1/s1. The first kappa shape index (κ1) is 24.5. The number of esters is 1. The Bertz CT molecular complexity index is 1430. The highest BCUT2D eigenvalue weighted by molar-refractivity contribution is 5.97. The molecule has 4 heterocycles. The Hall–Kier alpha value is -3.85. The van der Waals surface area contributed by atoms with Crippen LogP contribution in [0.5, 0.6) is 0 Å². The predicted molar refractivity (Wildman–Crippen MR) is 143 cm³/mol. The number of benzene rings is 2. The van der Waals surface area contributed by atoms with Crippen molar-refractivity contribution in [1.82, 2.24) is 20.5 Å². The fourth-order valence-corrected chi connectivity index (χ4v) is 6.48. The van der Waals surface area contributed by atoms with E-state index < -0.39 is 23.7 Å². The van der Waals surface area contributed by atoms with Crippen LogP contribution in [0.15, 0.2) is 54.7 Å². The molecule has 3 aliphatic rings. The summed E-state index contributed by atoms with van der Waals surface area (Å²) >= 11 is 0. The number of amides is 2. The number of methoxy groups -OCH3 is 1. The summed E-state index contributed by atoms with van der Waals surface area (Å²) in [5, 5.41) is 13.9. The number of ether oxygens (including phenoxy) is 1. The maximum atomic E-state index is 13.0. The highest BCUT2D eigenvalue weighted by Crippen LogP contribution is 2.50. The molecule has 38 heavy (non-hydrogen) atoms. The van der Waals surface area contributed by atoms with Crippen LogP contribution in [0, 0.1) is 5.92 Å². The number of carbonyl (C=O) groups is 3. The van der Waals surface area contributed by atoms with Crippen molar-refractivity contribution >= 4 is 34.4 Å². The average molecular weight is 516 g/mol. The van der Waals surface area contributed by atoms with Crippen LogP contribution in [-0.4, -0.2) is 53.8 Å². The van der Waals surface area contributed by atoms with Crippen LogP contribution in [0.4, 0.5) is 5.69 Å². The van der Waals surface area contributed by atoms with Crippen LogP contribution >= 0.6 is 0 Å². The lowest BCUT2D eigenvalue weighted by Crippen LogP contribution is -2.62. The van der Waals surface area contributed by atoms with Gasteiger partial charge in [0.05, 0.1) is 7.11 Å². The molecule has 0 aliphatic carbocycles. The molecule has 1 aromatic heterocycles. The Balaban J connectivity index is 1.41. The lowest BCUT2D eigenvalue weighted by atomic mass is 9.86. The van der Waals surface area contributed by atoms with E-state index in [9.17, 15) is 14.4 Å². The van der Waals surface area contributed by atoms with Crippen LogP contribution in [-0.2, 0) is 31.1 Å². The summed E-state index contributed by atoms with van der Waals surface area (Å²) in [6.07, 6.45) is 3.33. The topological polar surface area (TPSA) is 113 Å². The van der Waals surface area contributed by atoms with Gasteiger partial charge in [0.2, 0.25) is 11.8 Å². The number of hydrogen-bond acceptors (Lipinski definition) is 6. The van der Waals surface area contributed by atoms with Crippen molar-refractivity contribution < 1.29 is 19.1 Å². The quantitative estimate of drug-likeness (QED) is 0.375. The van der Waals surface area contributed by atoms with Crippen molar-refractivity contribution in [2.45, 2.75) is 62.9 Å². The van der Waals surface area contributed by atoms with E-state index in [1.54, 1.807) is 0 Å². The summed E-state index contributed by atoms with van der Waals surface area (Å²) in [5.74, 6) is -0.304. The first-order chi connectivity index (χ1) is 18.3. The second-order valence-electron chi connectivity index (χ2n) is 11.0. The van der Waals surface area contributed by atoms with Gasteiger partial charge in [-0.15, -0.1) is 0 Å². The van der Waals surface area contributed by atoms with Crippen LogP contribution in [0.1, 0.15) is 37.8 Å². The molecular weight excluding hydrogens is 482 g/mol. The van der Waals surface area contributed by atoms with Crippen LogP contribution in [0.3, 0.4) is 0 Å². The Morgan fingerprint density at radius 3 is 2.53 bits per heavy atom. The molecule has 6 rings (SSSR count). The molecule has 2 amide bonds. The second kappa shape index (κ2) is 9.16. The summed E-state index contributed by atoms with van der Waals surface area (Å²) in [4.78, 5) is 38.4. The van der Waals surface area contributed by atoms with Crippen LogP contribution < -0.4 is 21.3 Å². The number of nitrogens with zero attached hydrogens (tertiary/aromatic N) is 1. The molecule has 2 fully saturated rings. The number of para-hydroxylation sites is 2. The predicted octanol–water partition coefficient (Wildman–Crippen LogP) is 2.24. The lowest BCUT2D eigenvalue weighted by molar-refractivity contribution is -0.142. The molecule has 9 heteroatoms. The number of carbonyl (C=O) groups excluding carboxylic acids is 3. The van der Waals surface area contributed by atoms with Crippen molar-refractivity contribution in [1.29, 1.82) is 0 Å². The van der Waals surface area contributed by atoms with Gasteiger partial charge in [0.25, 0.3) is 0 Å². The number of nitrogens with one attached hydrogen (secondary N) is 4. The first-order valence-corrected chi connectivity index (χ1v) is 13.2. The molecule has 3 aliphatic heterocycles. The van der Waals surface area contributed by atoms with Gasteiger partial charge in [-0.1, -0.05) is 50.2 Å². The van der Waals surface area contributed by atoms with Gasteiger partial charge >= 0.3 is 5.97 Å². The van der Waals surface area contributed by atoms with Crippen molar-refractivity contribution in [3.63, 3.8) is 0 Å². The normalized spacial score (nSPS) is 28.0. The Morgan fingerprint density at radius 2 is 1.74 bits per heavy atom. The van der Waals surface area contributed by atoms with Gasteiger partial charge in [0.15, 0.2) is 0 Å². The molecular formula is C29H33N5O4. The summed E-state index contributed by atoms with van der Waals surface area (Å²) in [5.41, 5.74) is 3.48. The Morgan fingerprint density at radius 1 is 1.03 bits per heavy atom. The highest BCUT2D eigenvalue weighted by atomic mass is 16.5. The third kappa shape index (κ3) is 3.75. The SMILES string of the molecule is COC(=O)[C@@H]1C[C@]2(n3cc(C[C@@H]4NC(=O)[C@@H](CC(C)C)NC4=O)c4ccccc43)c3ccccc3N[C@@H]2N1. The molecule has 4 N–H and O–H groups in total. The molecule has 0 bridgehead atoms. The minimum atomic E-state index is -0.656. The van der Waals surface area contributed by atoms with Crippen molar-refractivity contribution in [2.75, 3.05) is 12.4 Å². The zero-order chi connectivity index (χ0) is 26.6. The van der Waals surface area contributed by atoms with Crippen molar-refractivity contribution in [3.05, 3.63) is 65.9 Å². The molecule has 0 radical (unpaired) electrons. The maximum Gasteiger partial charge on any atom is 0.323 e. The largest absolute Gasteiger partial charge is 0.468 e. The van der Waals surface area contributed by atoms with E-state index in [4.69, 9.17) is 4.74 Å². The summed E-state index contributed by atoms with van der Waals surface area (Å²) in [6.45, 7) is 4.07. The number of hydrogen-bond donors (Lipinski definition) is 4. The van der Waals surface area contributed by atoms with Gasteiger partial charge in [-0.05, 0) is 30.0 Å². The minimum Gasteiger partial charge on any atom is -0.468 e. The van der Waals surface area contributed by atoms with Gasteiger partial charge in [0, 0.05) is 41.2 Å². The molecule has 0 saturated carbocycles. The third-order valence-electron chi connectivity index (χ3n) is 8.16. The van der Waals surface area contributed by atoms with Crippen LogP contribution in [0.25, 0.3) is 10.9 Å². The zero-order valence-electron chi connectivity index (χ0n) is 21.8. The molecule has 2 saturated heterocycles. The number of rotatable bonds is 6. The van der Waals surface area contributed by atoms with Crippen LogP contribution in [0.2, 0.25) is 0 Å². The first-order valence-electron chi connectivity index (χ1n) is 13.2. The summed E-state index contributed by atoms with van der Waals surface area (Å²) < 4.78 is 7.33. The molecule has 5 atom stereocenters. The minimum absolute atomic E-state index is 0.138. The monoisotopic (exact) mass is 515 g/mol. The second-order valence-corrected chi connectivity index (χ2v) is 11.0. The number of aromatic nitrogens is 1. The lowest BCUT2D eigenvalue weighted by Gasteiger charge is -2.32. The molecule has 3 aromatic rings. The van der Waals surface area contributed by atoms with E-state index in [2.05, 4.69) is 44.2 Å². The smallest absolute Gasteiger partial charge is 0.323 e. The van der Waals surface area contributed by atoms with E-state index in [-0.39, 0.29) is 23.9 Å². The Labute approximate surface area is 221 Å². The van der Waals surface area contributed by atoms with E-state index >= 15 is 0 Å². The number of piperazine rings is 1. The van der Waals surface area contributed by atoms with Gasteiger partial charge in [-0.25, -0.2) is 0 Å². The molecule has 2 aromatic carbocycles. The molecule has 198 valence electrons.